The van der Waals surface area contributed by atoms with Gasteiger partial charge in [0.25, 0.3) is 0 Å². The molecule has 35 heavy (non-hydrogen) atoms. The van der Waals surface area contributed by atoms with Crippen LogP contribution in [0, 0.1) is 28.1 Å². The van der Waals surface area contributed by atoms with Gasteiger partial charge in [-0.2, -0.15) is 0 Å². The summed E-state index contributed by atoms with van der Waals surface area (Å²) in [5.74, 6) is 0.578. The normalized spacial score (nSPS) is 39.3. The lowest BCUT2D eigenvalue weighted by Crippen LogP contribution is -2.49. The molecule has 0 unspecified atom stereocenters. The molecule has 0 aromatic carbocycles. The maximum Gasteiger partial charge on any atom is 0.223 e. The van der Waals surface area contributed by atoms with Gasteiger partial charge in [-0.15, -0.1) is 0 Å². The number of ketones is 3. The Kier molecular flexibility index (Phi) is 6.31. The van der Waals surface area contributed by atoms with Crippen LogP contribution in [-0.2, 0) is 19.1 Å². The van der Waals surface area contributed by atoms with Crippen molar-refractivity contribution in [1.82, 2.24) is 0 Å². The van der Waals surface area contributed by atoms with Crippen molar-refractivity contribution in [1.29, 1.82) is 0 Å². The number of fused-ring (bicyclic) bond motifs is 2. The van der Waals surface area contributed by atoms with E-state index < -0.39 is 16.4 Å². The van der Waals surface area contributed by atoms with Crippen LogP contribution in [0.2, 0.25) is 0 Å². The number of carbonyl (C=O) groups excluding carboxylic acids is 3. The van der Waals surface area contributed by atoms with Crippen LogP contribution >= 0.6 is 0 Å². The molecule has 0 spiro atoms. The minimum atomic E-state index is -0.852. The van der Waals surface area contributed by atoms with E-state index in [1.165, 1.54) is 0 Å². The van der Waals surface area contributed by atoms with Crippen LogP contribution in [0.3, 0.4) is 0 Å². The predicted molar refractivity (Wildman–Crippen MR) is 136 cm³/mol. The highest BCUT2D eigenvalue weighted by Crippen LogP contribution is 2.59. The number of aliphatic hydroxyl groups excluding tert-OH is 1. The predicted octanol–water partition coefficient (Wildman–Crippen LogP) is 6.45. The van der Waals surface area contributed by atoms with E-state index in [0.29, 0.717) is 42.2 Å². The number of carbonyl (C=O) groups is 3. The van der Waals surface area contributed by atoms with E-state index in [1.54, 1.807) is 0 Å². The van der Waals surface area contributed by atoms with Gasteiger partial charge in [0.15, 0.2) is 11.5 Å². The summed E-state index contributed by atoms with van der Waals surface area (Å²) in [7, 11) is 0. The van der Waals surface area contributed by atoms with Crippen LogP contribution in [-0.4, -0.2) is 34.2 Å². The maximum absolute atomic E-state index is 13.2. The summed E-state index contributed by atoms with van der Waals surface area (Å²) in [4.78, 5) is 38.7. The van der Waals surface area contributed by atoms with E-state index in [0.717, 1.165) is 37.7 Å². The maximum atomic E-state index is 13.2. The van der Waals surface area contributed by atoms with Gasteiger partial charge in [0.2, 0.25) is 5.78 Å². The standard InChI is InChI=1S/C30H44O5/c1-17-9-12-23-29(7,15-14-22(32)28(5,6)35-23)19(17)10-11-20-18(2)24(33)25(34)26-27(3,4)21(31)13-16-30(20,26)8/h17,19,23,34H,9-16H2,1-8H3/t17-,19-,23+,29+,30-/m1/s1. The third kappa shape index (κ3) is 3.88. The van der Waals surface area contributed by atoms with Gasteiger partial charge >= 0.3 is 0 Å². The second-order valence-corrected chi connectivity index (χ2v) is 13.3. The van der Waals surface area contributed by atoms with Crippen molar-refractivity contribution in [3.8, 4) is 0 Å². The molecule has 5 atom stereocenters. The van der Waals surface area contributed by atoms with Crippen molar-refractivity contribution in [2.45, 2.75) is 118 Å². The summed E-state index contributed by atoms with van der Waals surface area (Å²) < 4.78 is 6.49. The number of aliphatic hydroxyl groups is 1. The Morgan fingerprint density at radius 1 is 0.943 bits per heavy atom. The van der Waals surface area contributed by atoms with Crippen LogP contribution in [0.25, 0.3) is 0 Å². The first-order valence-corrected chi connectivity index (χ1v) is 13.5. The fourth-order valence-electron chi connectivity index (χ4n) is 8.19. The molecule has 5 heteroatoms. The third-order valence-corrected chi connectivity index (χ3v) is 10.5. The smallest absolute Gasteiger partial charge is 0.223 e. The Bertz CT molecular complexity index is 1030. The van der Waals surface area contributed by atoms with Crippen molar-refractivity contribution >= 4 is 17.3 Å². The third-order valence-electron chi connectivity index (χ3n) is 10.5. The molecule has 194 valence electrons. The molecule has 0 radical (unpaired) electrons. The summed E-state index contributed by atoms with van der Waals surface area (Å²) in [6.07, 6.45) is 6.20. The molecule has 3 aliphatic carbocycles. The van der Waals surface area contributed by atoms with Crippen LogP contribution in [0.1, 0.15) is 107 Å². The van der Waals surface area contributed by atoms with Gasteiger partial charge in [-0.25, -0.2) is 0 Å². The Balaban J connectivity index is 1.67. The molecule has 1 saturated heterocycles. The van der Waals surface area contributed by atoms with E-state index in [2.05, 4.69) is 20.8 Å². The van der Waals surface area contributed by atoms with Gasteiger partial charge in [-0.3, -0.25) is 14.4 Å². The van der Waals surface area contributed by atoms with Crippen LogP contribution < -0.4 is 0 Å². The SMILES string of the molecule is CC1=C(CC[C@@H]2[C@H](C)CC[C@@H]3OC(C)(C)C(=O)CC[C@]32C)[C@@]2(C)CCC(=O)C(C)(C)C2=C(O)C1=O. The number of hydrogen-bond donors (Lipinski definition) is 1. The van der Waals surface area contributed by atoms with Gasteiger partial charge in [-0.05, 0) is 96.0 Å². The molecule has 4 aliphatic rings. The second-order valence-electron chi connectivity index (χ2n) is 13.3. The van der Waals surface area contributed by atoms with Gasteiger partial charge in [0.1, 0.15) is 11.4 Å². The van der Waals surface area contributed by atoms with E-state index in [4.69, 9.17) is 4.74 Å². The summed E-state index contributed by atoms with van der Waals surface area (Å²) in [5.41, 5.74) is 0.144. The lowest BCUT2D eigenvalue weighted by Gasteiger charge is -2.52. The summed E-state index contributed by atoms with van der Waals surface area (Å²) in [6, 6.07) is 0. The Morgan fingerprint density at radius 2 is 1.57 bits per heavy atom. The van der Waals surface area contributed by atoms with E-state index in [-0.39, 0.29) is 34.6 Å². The van der Waals surface area contributed by atoms with Gasteiger partial charge in [-0.1, -0.05) is 26.3 Å². The zero-order valence-corrected chi connectivity index (χ0v) is 23.0. The first-order chi connectivity index (χ1) is 16.1. The molecule has 1 heterocycles. The number of hydrogen-bond acceptors (Lipinski definition) is 5. The van der Waals surface area contributed by atoms with Gasteiger partial charge in [0, 0.05) is 29.2 Å². The van der Waals surface area contributed by atoms with Crippen molar-refractivity contribution < 1.29 is 24.2 Å². The van der Waals surface area contributed by atoms with E-state index in [9.17, 15) is 19.5 Å². The largest absolute Gasteiger partial charge is 0.504 e. The Morgan fingerprint density at radius 3 is 2.23 bits per heavy atom. The van der Waals surface area contributed by atoms with Crippen molar-refractivity contribution in [2.75, 3.05) is 0 Å². The van der Waals surface area contributed by atoms with E-state index in [1.807, 2.05) is 34.6 Å². The molecule has 5 nitrogen and oxygen atoms in total. The quantitative estimate of drug-likeness (QED) is 0.498. The minimum Gasteiger partial charge on any atom is -0.504 e. The average Bonchev–Trinajstić information content (AvgIpc) is 2.85. The molecule has 2 saturated carbocycles. The summed E-state index contributed by atoms with van der Waals surface area (Å²) in [6.45, 7) is 16.1. The molecule has 1 N–H and O–H groups in total. The summed E-state index contributed by atoms with van der Waals surface area (Å²) >= 11 is 0. The zero-order chi connectivity index (χ0) is 26.1. The monoisotopic (exact) mass is 484 g/mol. The first-order valence-electron chi connectivity index (χ1n) is 13.5. The zero-order valence-electron chi connectivity index (χ0n) is 23.0. The van der Waals surface area contributed by atoms with Crippen LogP contribution in [0.5, 0.6) is 0 Å². The Hall–Kier alpha value is -1.75. The van der Waals surface area contributed by atoms with Gasteiger partial charge in [0.05, 0.1) is 6.10 Å². The second kappa shape index (κ2) is 8.39. The molecule has 0 bridgehead atoms. The molecule has 0 aromatic heterocycles. The first kappa shape index (κ1) is 26.3. The average molecular weight is 485 g/mol. The molecule has 0 amide bonds. The number of allylic oxidation sites excluding steroid dienone is 3. The topological polar surface area (TPSA) is 80.7 Å². The molecular formula is C30H44O5. The number of rotatable bonds is 3. The van der Waals surface area contributed by atoms with Crippen molar-refractivity contribution in [3.63, 3.8) is 0 Å². The number of ether oxygens (including phenoxy) is 1. The minimum absolute atomic E-state index is 0.0505. The molecule has 3 fully saturated rings. The van der Waals surface area contributed by atoms with Crippen molar-refractivity contribution in [3.05, 3.63) is 22.5 Å². The number of Topliss-reactive ketones (excluding diaryl/α,β-unsaturated/α-hetero) is 3. The molecular weight excluding hydrogens is 440 g/mol. The van der Waals surface area contributed by atoms with Crippen LogP contribution in [0.4, 0.5) is 0 Å². The van der Waals surface area contributed by atoms with Gasteiger partial charge < -0.3 is 9.84 Å². The van der Waals surface area contributed by atoms with E-state index >= 15 is 0 Å². The molecule has 0 aromatic rings. The molecule has 4 rings (SSSR count). The highest BCUT2D eigenvalue weighted by molar-refractivity contribution is 6.10. The highest BCUT2D eigenvalue weighted by atomic mass is 16.5. The fraction of sp³-hybridized carbons (Fsp3) is 0.767. The summed E-state index contributed by atoms with van der Waals surface area (Å²) in [5, 5.41) is 10.9. The van der Waals surface area contributed by atoms with Crippen LogP contribution in [0.15, 0.2) is 22.5 Å². The Labute approximate surface area is 210 Å². The lowest BCUT2D eigenvalue weighted by atomic mass is 9.52. The highest BCUT2D eigenvalue weighted by Gasteiger charge is 2.55. The fourth-order valence-corrected chi connectivity index (χ4v) is 8.19. The van der Waals surface area contributed by atoms with Crippen molar-refractivity contribution in [2.24, 2.45) is 28.1 Å². The molecule has 1 aliphatic heterocycles. The lowest BCUT2D eigenvalue weighted by molar-refractivity contribution is -0.165.